The van der Waals surface area contributed by atoms with E-state index in [4.69, 9.17) is 9.47 Å². The molecule has 142 valence electrons. The standard InChI is InChI=1S/C19H20N2O5S/c22-19(21-9-3-5-14-4-1-2-6-16(14)21)13-20-27(23,24)15-7-8-17-18(12-15)26-11-10-25-17/h1-2,4,6-8,12,20H,3,5,9-11,13H2. The van der Waals surface area contributed by atoms with Crippen molar-refractivity contribution in [1.82, 2.24) is 4.72 Å². The van der Waals surface area contributed by atoms with Crippen LogP contribution in [0.2, 0.25) is 0 Å². The number of fused-ring (bicyclic) bond motifs is 2. The summed E-state index contributed by atoms with van der Waals surface area (Å²) in [5.74, 6) is 0.630. The van der Waals surface area contributed by atoms with Crippen LogP contribution in [-0.2, 0) is 21.2 Å². The number of carbonyl (C=O) groups excluding carboxylic acids is 1. The molecule has 0 saturated heterocycles. The fraction of sp³-hybridized carbons (Fsp3) is 0.316. The molecule has 2 aliphatic heterocycles. The number of benzene rings is 2. The van der Waals surface area contributed by atoms with E-state index in [1.54, 1.807) is 11.0 Å². The van der Waals surface area contributed by atoms with Gasteiger partial charge in [-0.2, -0.15) is 0 Å². The van der Waals surface area contributed by atoms with Crippen molar-refractivity contribution in [2.24, 2.45) is 0 Å². The molecule has 1 amide bonds. The first kappa shape index (κ1) is 17.8. The Labute approximate surface area is 157 Å². The molecular formula is C19H20N2O5S. The number of ether oxygens (including phenoxy) is 2. The lowest BCUT2D eigenvalue weighted by Crippen LogP contribution is -2.42. The topological polar surface area (TPSA) is 84.9 Å². The normalized spacial score (nSPS) is 15.9. The van der Waals surface area contributed by atoms with Crippen LogP contribution in [0.1, 0.15) is 12.0 Å². The van der Waals surface area contributed by atoms with Gasteiger partial charge in [0.25, 0.3) is 0 Å². The number of rotatable bonds is 4. The van der Waals surface area contributed by atoms with Crippen LogP contribution in [0.15, 0.2) is 47.4 Å². The van der Waals surface area contributed by atoms with Crippen molar-refractivity contribution in [3.63, 3.8) is 0 Å². The summed E-state index contributed by atoms with van der Waals surface area (Å²) in [6, 6.07) is 12.1. The molecule has 0 atom stereocenters. The third-order valence-corrected chi connectivity index (χ3v) is 6.05. The second-order valence-corrected chi connectivity index (χ2v) is 8.17. The Kier molecular flexibility index (Phi) is 4.75. The SMILES string of the molecule is O=C(CNS(=O)(=O)c1ccc2c(c1)OCCO2)N1CCCc2ccccc21. The highest BCUT2D eigenvalue weighted by molar-refractivity contribution is 7.89. The second kappa shape index (κ2) is 7.21. The smallest absolute Gasteiger partial charge is 0.242 e. The maximum Gasteiger partial charge on any atom is 0.242 e. The van der Waals surface area contributed by atoms with Crippen molar-refractivity contribution in [2.75, 3.05) is 31.2 Å². The summed E-state index contributed by atoms with van der Waals surface area (Å²) < 4.78 is 38.4. The molecule has 0 aliphatic carbocycles. The van der Waals surface area contributed by atoms with Crippen LogP contribution in [0.4, 0.5) is 5.69 Å². The lowest BCUT2D eigenvalue weighted by atomic mass is 10.0. The van der Waals surface area contributed by atoms with Gasteiger partial charge in [0.2, 0.25) is 15.9 Å². The molecule has 0 saturated carbocycles. The van der Waals surface area contributed by atoms with Gasteiger partial charge in [-0.05, 0) is 36.6 Å². The molecule has 27 heavy (non-hydrogen) atoms. The van der Waals surface area contributed by atoms with Crippen LogP contribution in [0.5, 0.6) is 11.5 Å². The second-order valence-electron chi connectivity index (χ2n) is 6.41. The van der Waals surface area contributed by atoms with E-state index in [0.29, 0.717) is 31.3 Å². The zero-order valence-corrected chi connectivity index (χ0v) is 15.5. The third kappa shape index (κ3) is 3.63. The van der Waals surface area contributed by atoms with E-state index in [-0.39, 0.29) is 17.3 Å². The van der Waals surface area contributed by atoms with Crippen molar-refractivity contribution in [3.8, 4) is 11.5 Å². The Hall–Kier alpha value is -2.58. The Morgan fingerprint density at radius 2 is 1.85 bits per heavy atom. The summed E-state index contributed by atoms with van der Waals surface area (Å²) in [5.41, 5.74) is 1.96. The van der Waals surface area contributed by atoms with Gasteiger partial charge in [-0.3, -0.25) is 4.79 Å². The molecule has 0 unspecified atom stereocenters. The molecule has 2 aliphatic rings. The van der Waals surface area contributed by atoms with Crippen LogP contribution >= 0.6 is 0 Å². The molecule has 0 bridgehead atoms. The maximum absolute atomic E-state index is 12.6. The van der Waals surface area contributed by atoms with Crippen molar-refractivity contribution < 1.29 is 22.7 Å². The maximum atomic E-state index is 12.6. The first-order chi connectivity index (χ1) is 13.0. The molecule has 7 nitrogen and oxygen atoms in total. The van der Waals surface area contributed by atoms with Gasteiger partial charge in [0.15, 0.2) is 11.5 Å². The fourth-order valence-electron chi connectivity index (χ4n) is 3.32. The van der Waals surface area contributed by atoms with Crippen molar-refractivity contribution in [3.05, 3.63) is 48.0 Å². The zero-order valence-electron chi connectivity index (χ0n) is 14.7. The summed E-state index contributed by atoms with van der Waals surface area (Å²) in [6.45, 7) is 1.09. The molecule has 2 aromatic carbocycles. The minimum Gasteiger partial charge on any atom is -0.486 e. The lowest BCUT2D eigenvalue weighted by Gasteiger charge is -2.29. The molecule has 8 heteroatoms. The van der Waals surface area contributed by atoms with Crippen LogP contribution in [-0.4, -0.2) is 40.6 Å². The molecule has 0 radical (unpaired) electrons. The Balaban J connectivity index is 1.47. The van der Waals surface area contributed by atoms with E-state index in [1.165, 1.54) is 12.1 Å². The van der Waals surface area contributed by atoms with Crippen molar-refractivity contribution in [1.29, 1.82) is 0 Å². The molecule has 0 fully saturated rings. The van der Waals surface area contributed by atoms with Gasteiger partial charge in [0.05, 0.1) is 11.4 Å². The number of nitrogens with zero attached hydrogens (tertiary/aromatic N) is 1. The van der Waals surface area contributed by atoms with E-state index in [2.05, 4.69) is 4.72 Å². The van der Waals surface area contributed by atoms with E-state index in [9.17, 15) is 13.2 Å². The first-order valence-electron chi connectivity index (χ1n) is 8.82. The lowest BCUT2D eigenvalue weighted by molar-refractivity contribution is -0.117. The summed E-state index contributed by atoms with van der Waals surface area (Å²) >= 11 is 0. The van der Waals surface area contributed by atoms with E-state index < -0.39 is 10.0 Å². The number of carbonyl (C=O) groups is 1. The van der Waals surface area contributed by atoms with Gasteiger partial charge in [0.1, 0.15) is 13.2 Å². The fourth-order valence-corrected chi connectivity index (χ4v) is 4.31. The zero-order chi connectivity index (χ0) is 18.9. The molecule has 4 rings (SSSR count). The van der Waals surface area contributed by atoms with Crippen LogP contribution in [0, 0.1) is 0 Å². The third-order valence-electron chi connectivity index (χ3n) is 4.65. The first-order valence-corrected chi connectivity index (χ1v) is 10.3. The number of para-hydroxylation sites is 1. The summed E-state index contributed by atoms with van der Waals surface area (Å²) in [5, 5.41) is 0. The minimum atomic E-state index is -3.84. The van der Waals surface area contributed by atoms with Gasteiger partial charge < -0.3 is 14.4 Å². The number of hydrogen-bond donors (Lipinski definition) is 1. The highest BCUT2D eigenvalue weighted by atomic mass is 32.2. The number of sulfonamides is 1. The number of hydrogen-bond acceptors (Lipinski definition) is 5. The number of aryl methyl sites for hydroxylation is 1. The number of nitrogens with one attached hydrogen (secondary N) is 1. The van der Waals surface area contributed by atoms with E-state index in [1.807, 2.05) is 24.3 Å². The van der Waals surface area contributed by atoms with E-state index in [0.717, 1.165) is 24.1 Å². The van der Waals surface area contributed by atoms with Crippen LogP contribution in [0.25, 0.3) is 0 Å². The molecule has 2 heterocycles. The molecule has 2 aromatic rings. The minimum absolute atomic E-state index is 0.0404. The van der Waals surface area contributed by atoms with Crippen molar-refractivity contribution in [2.45, 2.75) is 17.7 Å². The van der Waals surface area contributed by atoms with Gasteiger partial charge in [-0.15, -0.1) is 0 Å². The highest BCUT2D eigenvalue weighted by Crippen LogP contribution is 2.32. The predicted octanol–water partition coefficient (Wildman–Crippen LogP) is 1.72. The van der Waals surface area contributed by atoms with Gasteiger partial charge >= 0.3 is 0 Å². The van der Waals surface area contributed by atoms with Crippen LogP contribution in [0.3, 0.4) is 0 Å². The summed E-state index contributed by atoms with van der Waals surface area (Å²) in [6.07, 6.45) is 1.78. The van der Waals surface area contributed by atoms with Crippen molar-refractivity contribution >= 4 is 21.6 Å². The molecular weight excluding hydrogens is 368 g/mol. The molecule has 0 aromatic heterocycles. The quantitative estimate of drug-likeness (QED) is 0.862. The Morgan fingerprint density at radius 3 is 2.70 bits per heavy atom. The summed E-state index contributed by atoms with van der Waals surface area (Å²) in [4.78, 5) is 14.3. The molecule has 1 N–H and O–H groups in total. The number of anilines is 1. The van der Waals surface area contributed by atoms with E-state index >= 15 is 0 Å². The average Bonchev–Trinajstić information content (AvgIpc) is 2.71. The van der Waals surface area contributed by atoms with Gasteiger partial charge in [0, 0.05) is 18.3 Å². The van der Waals surface area contributed by atoms with Gasteiger partial charge in [-0.1, -0.05) is 18.2 Å². The van der Waals surface area contributed by atoms with Gasteiger partial charge in [-0.25, -0.2) is 13.1 Å². The Bertz CT molecular complexity index is 974. The average molecular weight is 388 g/mol. The van der Waals surface area contributed by atoms with Crippen LogP contribution < -0.4 is 19.1 Å². The largest absolute Gasteiger partial charge is 0.486 e. The monoisotopic (exact) mass is 388 g/mol. The highest BCUT2D eigenvalue weighted by Gasteiger charge is 2.25. The Morgan fingerprint density at radius 1 is 1.07 bits per heavy atom. The predicted molar refractivity (Wildman–Crippen MR) is 99.7 cm³/mol. The number of amides is 1. The molecule has 0 spiro atoms. The summed E-state index contributed by atoms with van der Waals surface area (Å²) in [7, 11) is -3.84.